The molecule has 1 aromatic heterocycles. The normalized spacial score (nSPS) is 11.9. The average molecular weight is 525 g/mol. The smallest absolute Gasteiger partial charge is 0.0891 e. The van der Waals surface area contributed by atoms with Gasteiger partial charge in [0, 0.05) is 23.2 Å². The van der Waals surface area contributed by atoms with Crippen molar-refractivity contribution in [2.45, 2.75) is 46.3 Å². The number of hydrogen-bond donors (Lipinski definition) is 2. The minimum atomic E-state index is -0.563. The van der Waals surface area contributed by atoms with Crippen LogP contribution in [-0.4, -0.2) is 22.3 Å². The SMILES string of the molecule is Cc1cc(C)c2c(c1)c(-c1ccccc1)c(-c1ccccc1)n2CC(O)CNc1ccc(C(C)C)cc1.Cl. The van der Waals surface area contributed by atoms with Gasteiger partial charge in [-0.15, -0.1) is 12.4 Å². The molecule has 4 heteroatoms. The van der Waals surface area contributed by atoms with E-state index in [0.29, 0.717) is 19.0 Å². The lowest BCUT2D eigenvalue weighted by Gasteiger charge is -2.19. The van der Waals surface area contributed by atoms with Crippen LogP contribution in [0.4, 0.5) is 5.69 Å². The van der Waals surface area contributed by atoms with Gasteiger partial charge < -0.3 is 15.0 Å². The van der Waals surface area contributed by atoms with Crippen molar-refractivity contribution >= 4 is 29.0 Å². The van der Waals surface area contributed by atoms with E-state index in [4.69, 9.17) is 0 Å². The van der Waals surface area contributed by atoms with Crippen molar-refractivity contribution in [1.82, 2.24) is 4.57 Å². The lowest BCUT2D eigenvalue weighted by Crippen LogP contribution is -2.25. The first-order valence-corrected chi connectivity index (χ1v) is 13.2. The zero-order valence-electron chi connectivity index (χ0n) is 22.6. The van der Waals surface area contributed by atoms with Crippen molar-refractivity contribution in [3.63, 3.8) is 0 Å². The average Bonchev–Trinajstić information content (AvgIpc) is 3.22. The molecular weight excluding hydrogens is 488 g/mol. The molecule has 5 aromatic rings. The molecule has 196 valence electrons. The zero-order chi connectivity index (χ0) is 25.9. The summed E-state index contributed by atoms with van der Waals surface area (Å²) in [5.41, 5.74) is 10.7. The van der Waals surface area contributed by atoms with Gasteiger partial charge in [0.1, 0.15) is 0 Å². The standard InChI is InChI=1S/C34H36N2O.ClH/c1-23(2)26-15-17-29(18-16-26)35-21-30(37)22-36-33-25(4)19-24(3)20-31(33)32(27-11-7-5-8-12-27)34(36)28-13-9-6-10-14-28;/h5-20,23,30,35,37H,21-22H2,1-4H3;1H. The summed E-state index contributed by atoms with van der Waals surface area (Å²) < 4.78 is 2.33. The van der Waals surface area contributed by atoms with Gasteiger partial charge in [-0.3, -0.25) is 0 Å². The highest BCUT2D eigenvalue weighted by Gasteiger charge is 2.23. The maximum Gasteiger partial charge on any atom is 0.0891 e. The number of halogens is 1. The Morgan fingerprint density at radius 3 is 2.00 bits per heavy atom. The molecule has 0 amide bonds. The third-order valence-corrected chi connectivity index (χ3v) is 7.11. The summed E-state index contributed by atoms with van der Waals surface area (Å²) in [6.07, 6.45) is -0.563. The molecule has 0 bridgehead atoms. The first-order chi connectivity index (χ1) is 17.9. The van der Waals surface area contributed by atoms with Crippen LogP contribution in [0, 0.1) is 13.8 Å². The van der Waals surface area contributed by atoms with Crippen LogP contribution in [0.25, 0.3) is 33.3 Å². The summed E-state index contributed by atoms with van der Waals surface area (Å²) in [4.78, 5) is 0. The number of hydrogen-bond acceptors (Lipinski definition) is 2. The van der Waals surface area contributed by atoms with Gasteiger partial charge in [-0.2, -0.15) is 0 Å². The van der Waals surface area contributed by atoms with E-state index >= 15 is 0 Å². The first kappa shape index (κ1) is 27.5. The summed E-state index contributed by atoms with van der Waals surface area (Å²) in [5.74, 6) is 0.503. The van der Waals surface area contributed by atoms with Gasteiger partial charge in [0.15, 0.2) is 0 Å². The molecule has 5 rings (SSSR count). The lowest BCUT2D eigenvalue weighted by molar-refractivity contribution is 0.169. The Bertz CT molecular complexity index is 1490. The molecule has 1 heterocycles. The molecule has 0 fully saturated rings. The largest absolute Gasteiger partial charge is 0.389 e. The Morgan fingerprint density at radius 2 is 1.39 bits per heavy atom. The Morgan fingerprint density at radius 1 is 0.789 bits per heavy atom. The quantitative estimate of drug-likeness (QED) is 0.213. The second-order valence-electron chi connectivity index (χ2n) is 10.4. The van der Waals surface area contributed by atoms with Crippen molar-refractivity contribution in [2.75, 3.05) is 11.9 Å². The van der Waals surface area contributed by atoms with E-state index in [0.717, 1.165) is 16.9 Å². The number of aryl methyl sites for hydroxylation is 2. The predicted octanol–water partition coefficient (Wildman–Crippen LogP) is 8.61. The number of rotatable bonds is 8. The zero-order valence-corrected chi connectivity index (χ0v) is 23.4. The monoisotopic (exact) mass is 524 g/mol. The number of aliphatic hydroxyl groups excluding tert-OH is 1. The number of aliphatic hydroxyl groups is 1. The summed E-state index contributed by atoms with van der Waals surface area (Å²) >= 11 is 0. The highest BCUT2D eigenvalue weighted by atomic mass is 35.5. The van der Waals surface area contributed by atoms with Crippen molar-refractivity contribution in [1.29, 1.82) is 0 Å². The molecule has 1 atom stereocenters. The molecule has 2 N–H and O–H groups in total. The van der Waals surface area contributed by atoms with E-state index in [9.17, 15) is 5.11 Å². The van der Waals surface area contributed by atoms with Crippen LogP contribution in [-0.2, 0) is 6.54 Å². The Kier molecular flexibility index (Phi) is 8.61. The summed E-state index contributed by atoms with van der Waals surface area (Å²) in [5, 5.41) is 15.9. The molecule has 1 unspecified atom stereocenters. The third-order valence-electron chi connectivity index (χ3n) is 7.11. The van der Waals surface area contributed by atoms with E-state index in [2.05, 4.69) is 135 Å². The van der Waals surface area contributed by atoms with E-state index < -0.39 is 6.10 Å². The highest BCUT2D eigenvalue weighted by Crippen LogP contribution is 2.42. The van der Waals surface area contributed by atoms with Crippen LogP contribution < -0.4 is 5.32 Å². The molecule has 0 radical (unpaired) electrons. The van der Waals surface area contributed by atoms with Crippen LogP contribution in [0.2, 0.25) is 0 Å². The number of fused-ring (bicyclic) bond motifs is 1. The Balaban J connectivity index is 0.00000336. The minimum Gasteiger partial charge on any atom is -0.389 e. The van der Waals surface area contributed by atoms with Gasteiger partial charge in [-0.05, 0) is 60.2 Å². The molecule has 0 saturated carbocycles. The summed E-state index contributed by atoms with van der Waals surface area (Å²) in [6.45, 7) is 9.70. The van der Waals surface area contributed by atoms with Crippen LogP contribution >= 0.6 is 12.4 Å². The molecule has 4 aromatic carbocycles. The second-order valence-corrected chi connectivity index (χ2v) is 10.4. The van der Waals surface area contributed by atoms with Crippen LogP contribution in [0.1, 0.15) is 36.5 Å². The van der Waals surface area contributed by atoms with E-state index in [1.54, 1.807) is 0 Å². The van der Waals surface area contributed by atoms with Gasteiger partial charge in [0.2, 0.25) is 0 Å². The molecule has 0 saturated heterocycles. The minimum absolute atomic E-state index is 0. The molecular formula is C34H37ClN2O. The number of anilines is 1. The fourth-order valence-corrected chi connectivity index (χ4v) is 5.36. The number of aromatic nitrogens is 1. The summed E-state index contributed by atoms with van der Waals surface area (Å²) in [6, 6.07) is 34.2. The van der Waals surface area contributed by atoms with Crippen molar-refractivity contribution in [2.24, 2.45) is 0 Å². The predicted molar refractivity (Wildman–Crippen MR) is 165 cm³/mol. The third kappa shape index (κ3) is 5.65. The summed E-state index contributed by atoms with van der Waals surface area (Å²) in [7, 11) is 0. The molecule has 0 aliphatic rings. The van der Waals surface area contributed by atoms with Crippen molar-refractivity contribution in [3.05, 3.63) is 114 Å². The molecule has 0 aliphatic carbocycles. The molecule has 0 aliphatic heterocycles. The lowest BCUT2D eigenvalue weighted by atomic mass is 9.97. The second kappa shape index (κ2) is 11.9. The number of nitrogens with one attached hydrogen (secondary N) is 1. The van der Waals surface area contributed by atoms with E-state index in [1.807, 2.05) is 0 Å². The maximum absolute atomic E-state index is 11.3. The van der Waals surface area contributed by atoms with Crippen LogP contribution in [0.3, 0.4) is 0 Å². The Labute approximate surface area is 232 Å². The van der Waals surface area contributed by atoms with E-state index in [1.165, 1.54) is 38.7 Å². The highest BCUT2D eigenvalue weighted by molar-refractivity contribution is 6.06. The van der Waals surface area contributed by atoms with E-state index in [-0.39, 0.29) is 12.4 Å². The fourth-order valence-electron chi connectivity index (χ4n) is 5.36. The molecule has 3 nitrogen and oxygen atoms in total. The number of benzene rings is 4. The van der Waals surface area contributed by atoms with Crippen LogP contribution in [0.15, 0.2) is 97.1 Å². The van der Waals surface area contributed by atoms with Crippen LogP contribution in [0.5, 0.6) is 0 Å². The van der Waals surface area contributed by atoms with Gasteiger partial charge in [-0.25, -0.2) is 0 Å². The van der Waals surface area contributed by atoms with Crippen molar-refractivity contribution < 1.29 is 5.11 Å². The Hall–Kier alpha value is -3.53. The number of nitrogens with zero attached hydrogens (tertiary/aromatic N) is 1. The fraction of sp³-hybridized carbons (Fsp3) is 0.235. The topological polar surface area (TPSA) is 37.2 Å². The maximum atomic E-state index is 11.3. The molecule has 0 spiro atoms. The van der Waals surface area contributed by atoms with Gasteiger partial charge in [0.25, 0.3) is 0 Å². The van der Waals surface area contributed by atoms with Gasteiger partial charge in [-0.1, -0.05) is 98.3 Å². The first-order valence-electron chi connectivity index (χ1n) is 13.2. The van der Waals surface area contributed by atoms with Gasteiger partial charge >= 0.3 is 0 Å². The van der Waals surface area contributed by atoms with Crippen molar-refractivity contribution in [3.8, 4) is 22.4 Å². The molecule has 38 heavy (non-hydrogen) atoms. The van der Waals surface area contributed by atoms with Gasteiger partial charge in [0.05, 0.1) is 23.9 Å².